The van der Waals surface area contributed by atoms with Crippen LogP contribution in [0.1, 0.15) is 43.4 Å². The molecule has 1 saturated carbocycles. The second-order valence-electron chi connectivity index (χ2n) is 5.75. The Bertz CT molecular complexity index is 474. The highest BCUT2D eigenvalue weighted by Crippen LogP contribution is 2.36. The normalized spacial score (nSPS) is 27.2. The summed E-state index contributed by atoms with van der Waals surface area (Å²) in [6.45, 7) is 2.16. The van der Waals surface area contributed by atoms with Crippen molar-refractivity contribution in [3.63, 3.8) is 0 Å². The van der Waals surface area contributed by atoms with E-state index in [9.17, 15) is 0 Å². The van der Waals surface area contributed by atoms with Crippen LogP contribution in [0.2, 0.25) is 0 Å². The number of rotatable bonds is 3. The Labute approximate surface area is 120 Å². The van der Waals surface area contributed by atoms with Gasteiger partial charge in [0, 0.05) is 18.8 Å². The fourth-order valence-corrected chi connectivity index (χ4v) is 3.89. The highest BCUT2D eigenvalue weighted by Gasteiger charge is 2.35. The largest absolute Gasteiger partial charge is 0.388 e. The molecule has 2 atom stereocenters. The SMILES string of the molecule is NC(=S)c1ncccc1CN1CCC2CCCCC21. The van der Waals surface area contributed by atoms with E-state index in [4.69, 9.17) is 18.0 Å². The van der Waals surface area contributed by atoms with Crippen LogP contribution >= 0.6 is 12.2 Å². The zero-order valence-corrected chi connectivity index (χ0v) is 12.0. The summed E-state index contributed by atoms with van der Waals surface area (Å²) in [4.78, 5) is 7.36. The van der Waals surface area contributed by atoms with Gasteiger partial charge in [-0.15, -0.1) is 0 Å². The maximum Gasteiger partial charge on any atom is 0.123 e. The van der Waals surface area contributed by atoms with E-state index < -0.39 is 0 Å². The Balaban J connectivity index is 1.76. The summed E-state index contributed by atoms with van der Waals surface area (Å²) in [7, 11) is 0. The molecule has 3 rings (SSSR count). The van der Waals surface area contributed by atoms with Gasteiger partial charge in [0.1, 0.15) is 10.7 Å². The van der Waals surface area contributed by atoms with Crippen molar-refractivity contribution in [1.82, 2.24) is 9.88 Å². The van der Waals surface area contributed by atoms with Gasteiger partial charge < -0.3 is 5.73 Å². The zero-order valence-electron chi connectivity index (χ0n) is 11.2. The summed E-state index contributed by atoms with van der Waals surface area (Å²) in [5.41, 5.74) is 7.76. The Kier molecular flexibility index (Phi) is 3.80. The minimum absolute atomic E-state index is 0.412. The van der Waals surface area contributed by atoms with Crippen molar-refractivity contribution in [2.45, 2.75) is 44.7 Å². The van der Waals surface area contributed by atoms with E-state index in [2.05, 4.69) is 16.0 Å². The molecular weight excluding hydrogens is 254 g/mol. The lowest BCUT2D eigenvalue weighted by Crippen LogP contribution is -2.34. The molecule has 0 radical (unpaired) electrons. The standard InChI is InChI=1S/C15H21N3S/c16-15(19)14-12(5-3-8-17-14)10-18-9-7-11-4-1-2-6-13(11)18/h3,5,8,11,13H,1-2,4,6-7,9-10H2,(H2,16,19). The van der Waals surface area contributed by atoms with Gasteiger partial charge in [-0.3, -0.25) is 9.88 Å². The molecule has 1 aromatic heterocycles. The lowest BCUT2D eigenvalue weighted by molar-refractivity contribution is 0.176. The number of pyridine rings is 1. The smallest absolute Gasteiger partial charge is 0.123 e. The minimum Gasteiger partial charge on any atom is -0.388 e. The average Bonchev–Trinajstić information content (AvgIpc) is 2.83. The Hall–Kier alpha value is -1.00. The molecule has 0 spiro atoms. The van der Waals surface area contributed by atoms with Gasteiger partial charge >= 0.3 is 0 Å². The number of thiocarbonyl (C=S) groups is 1. The number of fused-ring (bicyclic) bond motifs is 1. The predicted octanol–water partition coefficient (Wildman–Crippen LogP) is 2.48. The first kappa shape index (κ1) is 13.0. The van der Waals surface area contributed by atoms with Gasteiger partial charge in [-0.2, -0.15) is 0 Å². The van der Waals surface area contributed by atoms with Gasteiger partial charge in [0.25, 0.3) is 0 Å². The van der Waals surface area contributed by atoms with Crippen LogP contribution in [0.3, 0.4) is 0 Å². The fraction of sp³-hybridized carbons (Fsp3) is 0.600. The first-order valence-electron chi connectivity index (χ1n) is 7.23. The monoisotopic (exact) mass is 275 g/mol. The number of nitrogens with zero attached hydrogens (tertiary/aromatic N) is 2. The number of aromatic nitrogens is 1. The van der Waals surface area contributed by atoms with Crippen molar-refractivity contribution in [3.8, 4) is 0 Å². The fourth-order valence-electron chi connectivity index (χ4n) is 3.71. The summed E-state index contributed by atoms with van der Waals surface area (Å²) in [6.07, 6.45) is 8.69. The van der Waals surface area contributed by atoms with Crippen LogP contribution in [0.4, 0.5) is 0 Å². The van der Waals surface area contributed by atoms with Crippen LogP contribution in [0.25, 0.3) is 0 Å². The topological polar surface area (TPSA) is 42.1 Å². The van der Waals surface area contributed by atoms with Gasteiger partial charge in [0.15, 0.2) is 0 Å². The van der Waals surface area contributed by atoms with Crippen molar-refractivity contribution in [1.29, 1.82) is 0 Å². The van der Waals surface area contributed by atoms with Crippen molar-refractivity contribution in [2.24, 2.45) is 11.7 Å². The molecule has 1 saturated heterocycles. The van der Waals surface area contributed by atoms with Crippen molar-refractivity contribution in [2.75, 3.05) is 6.54 Å². The van der Waals surface area contributed by atoms with Crippen LogP contribution < -0.4 is 5.73 Å². The van der Waals surface area contributed by atoms with Crippen LogP contribution in [-0.4, -0.2) is 27.5 Å². The molecule has 2 heterocycles. The third kappa shape index (κ3) is 2.65. The molecule has 19 heavy (non-hydrogen) atoms. The molecule has 2 unspecified atom stereocenters. The average molecular weight is 275 g/mol. The third-order valence-corrected chi connectivity index (χ3v) is 4.82. The quantitative estimate of drug-likeness (QED) is 0.861. The maximum atomic E-state index is 5.77. The minimum atomic E-state index is 0.412. The first-order chi connectivity index (χ1) is 9.25. The number of hydrogen-bond donors (Lipinski definition) is 1. The number of likely N-dealkylation sites (tertiary alicyclic amines) is 1. The van der Waals surface area contributed by atoms with Crippen LogP contribution in [0.15, 0.2) is 18.3 Å². The van der Waals surface area contributed by atoms with E-state index in [0.29, 0.717) is 4.99 Å². The predicted molar refractivity (Wildman–Crippen MR) is 80.9 cm³/mol. The van der Waals surface area contributed by atoms with Gasteiger partial charge in [-0.1, -0.05) is 31.1 Å². The van der Waals surface area contributed by atoms with Crippen molar-refractivity contribution < 1.29 is 0 Å². The van der Waals surface area contributed by atoms with Crippen LogP contribution in [0.5, 0.6) is 0 Å². The van der Waals surface area contributed by atoms with Crippen molar-refractivity contribution >= 4 is 17.2 Å². The summed E-state index contributed by atoms with van der Waals surface area (Å²) < 4.78 is 0. The summed E-state index contributed by atoms with van der Waals surface area (Å²) >= 11 is 5.10. The van der Waals surface area contributed by atoms with Gasteiger partial charge in [-0.05, 0) is 43.4 Å². The highest BCUT2D eigenvalue weighted by molar-refractivity contribution is 7.80. The molecular formula is C15H21N3S. The Morgan fingerprint density at radius 2 is 2.21 bits per heavy atom. The highest BCUT2D eigenvalue weighted by atomic mass is 32.1. The molecule has 2 fully saturated rings. The number of hydrogen-bond acceptors (Lipinski definition) is 3. The molecule has 102 valence electrons. The zero-order chi connectivity index (χ0) is 13.2. The molecule has 2 N–H and O–H groups in total. The molecule has 0 amide bonds. The van der Waals surface area contributed by atoms with Crippen molar-refractivity contribution in [3.05, 3.63) is 29.6 Å². The van der Waals surface area contributed by atoms with Gasteiger partial charge in [-0.25, -0.2) is 0 Å². The molecule has 1 aliphatic heterocycles. The molecule has 1 aliphatic carbocycles. The second kappa shape index (κ2) is 5.55. The summed E-state index contributed by atoms with van der Waals surface area (Å²) in [6, 6.07) is 4.86. The lowest BCUT2D eigenvalue weighted by atomic mass is 9.85. The number of nitrogens with two attached hydrogens (primary N) is 1. The molecule has 0 bridgehead atoms. The molecule has 2 aliphatic rings. The van der Waals surface area contributed by atoms with E-state index in [-0.39, 0.29) is 0 Å². The molecule has 4 heteroatoms. The third-order valence-electron chi connectivity index (χ3n) is 4.62. The van der Waals surface area contributed by atoms with Gasteiger partial charge in [0.2, 0.25) is 0 Å². The van der Waals surface area contributed by atoms with E-state index in [1.54, 1.807) is 6.20 Å². The maximum absolute atomic E-state index is 5.77. The van der Waals surface area contributed by atoms with Crippen LogP contribution in [-0.2, 0) is 6.54 Å². The molecule has 1 aromatic rings. The van der Waals surface area contributed by atoms with E-state index in [1.807, 2.05) is 6.07 Å². The van der Waals surface area contributed by atoms with E-state index in [1.165, 1.54) is 44.2 Å². The first-order valence-corrected chi connectivity index (χ1v) is 7.64. The second-order valence-corrected chi connectivity index (χ2v) is 6.19. The van der Waals surface area contributed by atoms with E-state index in [0.717, 1.165) is 24.2 Å². The van der Waals surface area contributed by atoms with E-state index >= 15 is 0 Å². The van der Waals surface area contributed by atoms with Gasteiger partial charge in [0.05, 0.1) is 0 Å². The lowest BCUT2D eigenvalue weighted by Gasteiger charge is -2.32. The van der Waals surface area contributed by atoms with Crippen LogP contribution in [0, 0.1) is 5.92 Å². The summed E-state index contributed by atoms with van der Waals surface area (Å²) in [5.74, 6) is 0.915. The summed E-state index contributed by atoms with van der Waals surface area (Å²) in [5, 5.41) is 0. The Morgan fingerprint density at radius 3 is 3.05 bits per heavy atom. The molecule has 0 aromatic carbocycles. The Morgan fingerprint density at radius 1 is 1.37 bits per heavy atom. The molecule has 3 nitrogen and oxygen atoms in total.